The maximum Gasteiger partial charge on any atom is 0.191 e. The van der Waals surface area contributed by atoms with Gasteiger partial charge in [-0.1, -0.05) is 18.7 Å². The zero-order chi connectivity index (χ0) is 14.5. The van der Waals surface area contributed by atoms with Gasteiger partial charge in [-0.2, -0.15) is 0 Å². The first kappa shape index (κ1) is 15.4. The molecule has 0 radical (unpaired) electrons. The van der Waals surface area contributed by atoms with Crippen LogP contribution in [0.25, 0.3) is 0 Å². The summed E-state index contributed by atoms with van der Waals surface area (Å²) in [6.07, 6.45) is 3.41. The number of thioether (sulfide) groups is 1. The third-order valence-electron chi connectivity index (χ3n) is 3.75. The lowest BCUT2D eigenvalue weighted by molar-refractivity contribution is 0.0496. The molecule has 1 N–H and O–H groups in total. The zero-order valence-corrected chi connectivity index (χ0v) is 13.5. The molecule has 0 saturated carbocycles. The smallest absolute Gasteiger partial charge is 0.191 e. The lowest BCUT2D eigenvalue weighted by atomic mass is 9.96. The third-order valence-corrected chi connectivity index (χ3v) is 4.30. The van der Waals surface area contributed by atoms with Crippen LogP contribution in [-0.4, -0.2) is 49.1 Å². The number of methoxy groups -OCH3 is 1. The van der Waals surface area contributed by atoms with Crippen molar-refractivity contribution < 1.29 is 4.74 Å². The van der Waals surface area contributed by atoms with Gasteiger partial charge < -0.3 is 15.0 Å². The summed E-state index contributed by atoms with van der Waals surface area (Å²) in [5.74, 6) is 2.50. The maximum atomic E-state index is 5.58. The van der Waals surface area contributed by atoms with Gasteiger partial charge in [-0.3, -0.25) is 0 Å². The predicted octanol–water partition coefficient (Wildman–Crippen LogP) is 2.49. The Labute approximate surface area is 125 Å². The number of hydrogen-bond acceptors (Lipinski definition) is 6. The van der Waals surface area contributed by atoms with Crippen LogP contribution >= 0.6 is 11.8 Å². The maximum absolute atomic E-state index is 5.58. The number of hydrogen-bond donors (Lipinski definition) is 1. The van der Waals surface area contributed by atoms with Crippen molar-refractivity contribution in [1.82, 2.24) is 9.97 Å². The molecule has 0 amide bonds. The van der Waals surface area contributed by atoms with Crippen molar-refractivity contribution in [2.75, 3.05) is 43.2 Å². The van der Waals surface area contributed by atoms with E-state index in [4.69, 9.17) is 4.74 Å². The topological polar surface area (TPSA) is 50.3 Å². The molecule has 2 rings (SSSR count). The van der Waals surface area contributed by atoms with Crippen molar-refractivity contribution >= 4 is 23.4 Å². The number of ether oxygens (including phenoxy) is 1. The highest BCUT2D eigenvalue weighted by molar-refractivity contribution is 7.98. The minimum Gasteiger partial charge on any atom is -0.379 e. The van der Waals surface area contributed by atoms with Crippen LogP contribution in [0, 0.1) is 5.92 Å². The molecule has 1 aromatic heterocycles. The fourth-order valence-electron chi connectivity index (χ4n) is 2.49. The van der Waals surface area contributed by atoms with E-state index >= 15 is 0 Å². The first-order valence-electron chi connectivity index (χ1n) is 7.12. The first-order chi connectivity index (χ1) is 9.67. The van der Waals surface area contributed by atoms with E-state index in [0.29, 0.717) is 5.92 Å². The highest BCUT2D eigenvalue weighted by atomic mass is 32.2. The fourth-order valence-corrected chi connectivity index (χ4v) is 2.86. The molecule has 2 heterocycles. The van der Waals surface area contributed by atoms with E-state index < -0.39 is 0 Å². The quantitative estimate of drug-likeness (QED) is 0.665. The molecule has 2 atom stereocenters. The Bertz CT molecular complexity index is 443. The molecule has 5 nitrogen and oxygen atoms in total. The second kappa shape index (κ2) is 7.13. The van der Waals surface area contributed by atoms with E-state index in [9.17, 15) is 0 Å². The van der Waals surface area contributed by atoms with Crippen molar-refractivity contribution in [3.63, 3.8) is 0 Å². The van der Waals surface area contributed by atoms with Gasteiger partial charge in [0.15, 0.2) is 5.16 Å². The molecular formula is C14H24N4OS. The predicted molar refractivity (Wildman–Crippen MR) is 84.8 cm³/mol. The van der Waals surface area contributed by atoms with Crippen molar-refractivity contribution in [2.24, 2.45) is 5.92 Å². The summed E-state index contributed by atoms with van der Waals surface area (Å²) in [4.78, 5) is 11.4. The van der Waals surface area contributed by atoms with E-state index in [1.807, 2.05) is 12.3 Å². The molecule has 0 aromatic carbocycles. The Kier molecular flexibility index (Phi) is 5.48. The molecule has 0 aliphatic carbocycles. The van der Waals surface area contributed by atoms with Gasteiger partial charge in [0.2, 0.25) is 0 Å². The highest BCUT2D eigenvalue weighted by Crippen LogP contribution is 2.26. The third kappa shape index (κ3) is 3.55. The van der Waals surface area contributed by atoms with Gasteiger partial charge in [0.1, 0.15) is 11.6 Å². The van der Waals surface area contributed by atoms with Gasteiger partial charge in [0.25, 0.3) is 0 Å². The van der Waals surface area contributed by atoms with Crippen LogP contribution in [0.5, 0.6) is 0 Å². The van der Waals surface area contributed by atoms with E-state index in [0.717, 1.165) is 42.8 Å². The zero-order valence-electron chi connectivity index (χ0n) is 12.7. The van der Waals surface area contributed by atoms with Crippen molar-refractivity contribution in [3.8, 4) is 0 Å². The summed E-state index contributed by atoms with van der Waals surface area (Å²) >= 11 is 1.57. The standard InChI is InChI=1S/C14H24N4OS/c1-5-15-12-8-13(17-14(16-12)20-4)18-7-6-10(2)11(9-18)19-3/h8,10-11H,5-7,9H2,1-4H3,(H,15,16,17). The summed E-state index contributed by atoms with van der Waals surface area (Å²) < 4.78 is 5.58. The fraction of sp³-hybridized carbons (Fsp3) is 0.714. The first-order valence-corrected chi connectivity index (χ1v) is 8.35. The molecule has 1 saturated heterocycles. The Balaban J connectivity index is 2.20. The number of nitrogens with one attached hydrogen (secondary N) is 1. The molecule has 2 unspecified atom stereocenters. The van der Waals surface area contributed by atoms with Crippen LogP contribution in [0.15, 0.2) is 11.2 Å². The molecule has 112 valence electrons. The molecule has 0 bridgehead atoms. The summed E-state index contributed by atoms with van der Waals surface area (Å²) in [7, 11) is 1.79. The molecule has 1 aromatic rings. The molecule has 1 aliphatic rings. The largest absolute Gasteiger partial charge is 0.379 e. The van der Waals surface area contributed by atoms with Crippen LogP contribution in [0.3, 0.4) is 0 Å². The van der Waals surface area contributed by atoms with E-state index in [1.54, 1.807) is 18.9 Å². The van der Waals surface area contributed by atoms with E-state index in [2.05, 4.69) is 34.0 Å². The Morgan fingerprint density at radius 2 is 2.30 bits per heavy atom. The van der Waals surface area contributed by atoms with Crippen molar-refractivity contribution in [1.29, 1.82) is 0 Å². The van der Waals surface area contributed by atoms with Crippen LogP contribution in [0.4, 0.5) is 11.6 Å². The number of anilines is 2. The molecular weight excluding hydrogens is 272 g/mol. The second-order valence-corrected chi connectivity index (χ2v) is 5.89. The second-order valence-electron chi connectivity index (χ2n) is 5.11. The minimum atomic E-state index is 0.277. The Morgan fingerprint density at radius 1 is 1.50 bits per heavy atom. The SMILES string of the molecule is CCNc1cc(N2CCC(C)C(OC)C2)nc(SC)n1. The van der Waals surface area contributed by atoms with Crippen LogP contribution < -0.4 is 10.2 Å². The molecule has 20 heavy (non-hydrogen) atoms. The molecule has 1 fully saturated rings. The van der Waals surface area contributed by atoms with Gasteiger partial charge in [-0.15, -0.1) is 0 Å². The Morgan fingerprint density at radius 3 is 2.95 bits per heavy atom. The van der Waals surface area contributed by atoms with Crippen LogP contribution in [0.1, 0.15) is 20.3 Å². The van der Waals surface area contributed by atoms with Gasteiger partial charge in [0, 0.05) is 32.8 Å². The normalized spacial score (nSPS) is 22.9. The lowest BCUT2D eigenvalue weighted by Crippen LogP contribution is -2.44. The summed E-state index contributed by atoms with van der Waals surface area (Å²) in [5, 5.41) is 4.08. The summed E-state index contributed by atoms with van der Waals surface area (Å²) in [6.45, 7) is 7.11. The average molecular weight is 296 g/mol. The summed E-state index contributed by atoms with van der Waals surface area (Å²) in [6, 6.07) is 2.03. The monoisotopic (exact) mass is 296 g/mol. The van der Waals surface area contributed by atoms with Gasteiger partial charge >= 0.3 is 0 Å². The van der Waals surface area contributed by atoms with Crippen molar-refractivity contribution in [3.05, 3.63) is 6.07 Å². The highest BCUT2D eigenvalue weighted by Gasteiger charge is 2.27. The average Bonchev–Trinajstić information content (AvgIpc) is 2.47. The number of piperidine rings is 1. The van der Waals surface area contributed by atoms with E-state index in [-0.39, 0.29) is 6.10 Å². The summed E-state index contributed by atoms with van der Waals surface area (Å²) in [5.41, 5.74) is 0. The van der Waals surface area contributed by atoms with E-state index in [1.165, 1.54) is 0 Å². The number of rotatable bonds is 5. The molecule has 0 spiro atoms. The van der Waals surface area contributed by atoms with Crippen LogP contribution in [-0.2, 0) is 4.74 Å². The van der Waals surface area contributed by atoms with Gasteiger partial charge in [-0.25, -0.2) is 9.97 Å². The number of nitrogens with zero attached hydrogens (tertiary/aromatic N) is 3. The minimum absolute atomic E-state index is 0.277. The number of aromatic nitrogens is 2. The molecule has 6 heteroatoms. The lowest BCUT2D eigenvalue weighted by Gasteiger charge is -2.37. The Hall–Kier alpha value is -1.01. The van der Waals surface area contributed by atoms with Crippen LogP contribution in [0.2, 0.25) is 0 Å². The van der Waals surface area contributed by atoms with Gasteiger partial charge in [0.05, 0.1) is 6.10 Å². The molecule has 1 aliphatic heterocycles. The van der Waals surface area contributed by atoms with Crippen molar-refractivity contribution in [2.45, 2.75) is 31.5 Å². The van der Waals surface area contributed by atoms with Gasteiger partial charge in [-0.05, 0) is 25.5 Å².